The van der Waals surface area contributed by atoms with Crippen LogP contribution in [0.25, 0.3) is 50.1 Å². The number of allylic oxidation sites excluding steroid dienone is 4. The van der Waals surface area contributed by atoms with Crippen LogP contribution in [0.1, 0.15) is 23.5 Å². The summed E-state index contributed by atoms with van der Waals surface area (Å²) in [4.78, 5) is 4.68. The van der Waals surface area contributed by atoms with Crippen LogP contribution in [0.15, 0.2) is 285 Å². The van der Waals surface area contributed by atoms with E-state index in [1.54, 1.807) is 0 Å². The van der Waals surface area contributed by atoms with Crippen LogP contribution < -0.4 is 9.80 Å². The van der Waals surface area contributed by atoms with Crippen LogP contribution in [0.4, 0.5) is 34.1 Å². The van der Waals surface area contributed by atoms with Gasteiger partial charge in [-0.2, -0.15) is 0 Å². The molecule has 0 bridgehead atoms. The zero-order valence-electron chi connectivity index (χ0n) is 37.8. The summed E-state index contributed by atoms with van der Waals surface area (Å²) in [6, 6.07) is 96.0. The number of para-hydroxylation sites is 2. The summed E-state index contributed by atoms with van der Waals surface area (Å²) in [5, 5.41) is 0. The Morgan fingerprint density at radius 1 is 0.279 bits per heavy atom. The summed E-state index contributed by atoms with van der Waals surface area (Å²) in [7, 11) is 0. The van der Waals surface area contributed by atoms with E-state index in [9.17, 15) is 0 Å². The molecule has 2 heteroatoms. The fraction of sp³-hybridized carbons (Fsp3) is 0.0303. The van der Waals surface area contributed by atoms with E-state index in [4.69, 9.17) is 0 Å². The van der Waals surface area contributed by atoms with Crippen molar-refractivity contribution < 1.29 is 0 Å². The minimum atomic E-state index is 0.244. The molecule has 1 aliphatic rings. The van der Waals surface area contributed by atoms with Gasteiger partial charge in [-0.15, -0.1) is 0 Å². The number of rotatable bonds is 12. The van der Waals surface area contributed by atoms with Crippen molar-refractivity contribution in [3.05, 3.63) is 296 Å². The van der Waals surface area contributed by atoms with E-state index in [0.29, 0.717) is 0 Å². The molecule has 0 spiro atoms. The molecule has 324 valence electrons. The lowest BCUT2D eigenvalue weighted by Crippen LogP contribution is -2.11. The predicted molar refractivity (Wildman–Crippen MR) is 288 cm³/mol. The molecule has 1 unspecified atom stereocenters. The van der Waals surface area contributed by atoms with Crippen molar-refractivity contribution in [2.75, 3.05) is 9.80 Å². The molecule has 0 aromatic heterocycles. The van der Waals surface area contributed by atoms with Gasteiger partial charge in [0, 0.05) is 40.0 Å². The largest absolute Gasteiger partial charge is 0.311 e. The molecule has 11 rings (SSSR count). The van der Waals surface area contributed by atoms with Gasteiger partial charge in [-0.25, -0.2) is 0 Å². The van der Waals surface area contributed by atoms with Crippen molar-refractivity contribution in [1.82, 2.24) is 0 Å². The fourth-order valence-electron chi connectivity index (χ4n) is 9.51. The van der Waals surface area contributed by atoms with Gasteiger partial charge in [0.1, 0.15) is 0 Å². The molecule has 2 nitrogen and oxygen atoms in total. The lowest BCUT2D eigenvalue weighted by Gasteiger charge is -2.28. The van der Waals surface area contributed by atoms with Gasteiger partial charge in [0.2, 0.25) is 0 Å². The molecular weight excluding hydrogens is 821 g/mol. The summed E-state index contributed by atoms with van der Waals surface area (Å²) in [5.74, 6) is 0.244. The Morgan fingerprint density at radius 3 is 1.01 bits per heavy atom. The summed E-state index contributed by atoms with van der Waals surface area (Å²) in [6.07, 6.45) is 8.04. The van der Waals surface area contributed by atoms with Crippen molar-refractivity contribution >= 4 is 39.7 Å². The molecule has 10 aromatic carbocycles. The zero-order valence-corrected chi connectivity index (χ0v) is 37.8. The van der Waals surface area contributed by atoms with Crippen LogP contribution in [0, 0.1) is 0 Å². The second-order valence-corrected chi connectivity index (χ2v) is 17.3. The molecule has 10 aromatic rings. The predicted octanol–water partition coefficient (Wildman–Crippen LogP) is 18.4. The zero-order chi connectivity index (χ0) is 45.5. The minimum absolute atomic E-state index is 0.244. The van der Waals surface area contributed by atoms with Crippen molar-refractivity contribution in [2.24, 2.45) is 0 Å². The average molecular weight is 871 g/mol. The van der Waals surface area contributed by atoms with Gasteiger partial charge in [-0.3, -0.25) is 0 Å². The van der Waals surface area contributed by atoms with Crippen LogP contribution >= 0.6 is 0 Å². The number of anilines is 6. The summed E-state index contributed by atoms with van der Waals surface area (Å²) < 4.78 is 0. The fourth-order valence-corrected chi connectivity index (χ4v) is 9.51. The Morgan fingerprint density at radius 2 is 0.603 bits per heavy atom. The van der Waals surface area contributed by atoms with E-state index in [0.717, 1.165) is 40.5 Å². The number of nitrogens with zero attached hydrogens (tertiary/aromatic N) is 2. The van der Waals surface area contributed by atoms with Crippen LogP contribution in [0.5, 0.6) is 0 Å². The van der Waals surface area contributed by atoms with Crippen molar-refractivity contribution in [3.8, 4) is 44.5 Å². The Balaban J connectivity index is 0.830. The lowest BCUT2D eigenvalue weighted by atomic mass is 9.84. The highest BCUT2D eigenvalue weighted by molar-refractivity contribution is 5.84. The smallest absolute Gasteiger partial charge is 0.0467 e. The highest BCUT2D eigenvalue weighted by Gasteiger charge is 2.21. The molecular formula is C66H50N2. The van der Waals surface area contributed by atoms with Crippen LogP contribution in [-0.2, 0) is 0 Å². The third kappa shape index (κ3) is 8.96. The molecule has 1 aliphatic carbocycles. The molecule has 0 aliphatic heterocycles. The Labute approximate surface area is 400 Å². The van der Waals surface area contributed by atoms with Crippen LogP contribution in [-0.4, -0.2) is 0 Å². The summed E-state index contributed by atoms with van der Waals surface area (Å²) in [6.45, 7) is 0. The van der Waals surface area contributed by atoms with Gasteiger partial charge in [0.25, 0.3) is 0 Å². The van der Waals surface area contributed by atoms with Crippen LogP contribution in [0.3, 0.4) is 0 Å². The molecule has 0 amide bonds. The first-order valence-corrected chi connectivity index (χ1v) is 23.5. The highest BCUT2D eigenvalue weighted by Crippen LogP contribution is 2.43. The Bertz CT molecular complexity index is 3290. The molecule has 1 atom stereocenters. The van der Waals surface area contributed by atoms with Gasteiger partial charge in [0.15, 0.2) is 0 Å². The maximum Gasteiger partial charge on any atom is 0.0467 e. The van der Waals surface area contributed by atoms with Crippen LogP contribution in [0.2, 0.25) is 0 Å². The third-order valence-corrected chi connectivity index (χ3v) is 13.1. The molecule has 0 fully saturated rings. The van der Waals surface area contributed by atoms with E-state index in [2.05, 4.69) is 295 Å². The van der Waals surface area contributed by atoms with E-state index >= 15 is 0 Å². The molecule has 0 radical (unpaired) electrons. The molecule has 0 heterocycles. The van der Waals surface area contributed by atoms with Gasteiger partial charge in [-0.05, 0) is 140 Å². The van der Waals surface area contributed by atoms with Gasteiger partial charge >= 0.3 is 0 Å². The first-order valence-electron chi connectivity index (χ1n) is 23.5. The first-order chi connectivity index (χ1) is 33.7. The monoisotopic (exact) mass is 870 g/mol. The molecule has 0 N–H and O–H groups in total. The summed E-state index contributed by atoms with van der Waals surface area (Å²) >= 11 is 0. The van der Waals surface area contributed by atoms with Crippen molar-refractivity contribution in [1.29, 1.82) is 0 Å². The maximum atomic E-state index is 2.41. The third-order valence-electron chi connectivity index (χ3n) is 13.1. The van der Waals surface area contributed by atoms with E-state index in [1.165, 1.54) is 61.2 Å². The lowest BCUT2D eigenvalue weighted by molar-refractivity contribution is 0.858. The van der Waals surface area contributed by atoms with E-state index in [1.807, 2.05) is 0 Å². The normalized spacial score (nSPS) is 13.1. The average Bonchev–Trinajstić information content (AvgIpc) is 3.43. The van der Waals surface area contributed by atoms with Crippen molar-refractivity contribution in [2.45, 2.75) is 12.3 Å². The quantitative estimate of drug-likeness (QED) is 0.121. The SMILES string of the molecule is C1=CC(c2ccc(N(c3ccccc3)c3ccc(-c4ccccc4)cc3)cc2-c2ccccc2)CC=C1c1ccc(-c2ccc(N(c3ccccc3)c3ccc(-c4ccccc4)cc3)cc2)cc1. The molecule has 0 saturated carbocycles. The van der Waals surface area contributed by atoms with Gasteiger partial charge in [0.05, 0.1) is 0 Å². The molecule has 68 heavy (non-hydrogen) atoms. The first kappa shape index (κ1) is 41.9. The maximum absolute atomic E-state index is 2.41. The molecule has 0 saturated heterocycles. The second-order valence-electron chi connectivity index (χ2n) is 17.3. The topological polar surface area (TPSA) is 6.48 Å². The van der Waals surface area contributed by atoms with E-state index in [-0.39, 0.29) is 5.92 Å². The second kappa shape index (κ2) is 19.4. The van der Waals surface area contributed by atoms with E-state index < -0.39 is 0 Å². The number of hydrogen-bond acceptors (Lipinski definition) is 2. The Hall–Kier alpha value is -8.72. The van der Waals surface area contributed by atoms with Gasteiger partial charge in [-0.1, -0.05) is 212 Å². The Kier molecular flexibility index (Phi) is 12.0. The van der Waals surface area contributed by atoms with Crippen molar-refractivity contribution in [3.63, 3.8) is 0 Å². The standard InChI is InChI=1S/C66H50N2/c1-6-16-49(17-7-1)54-34-40-61(41-35-54)67(59-22-12-4-13-23-59)62-42-38-56(39-43-62)52-28-26-51(27-29-52)53-30-32-58(33-31-53)65-47-46-64(48-66(65)57-20-10-3-11-21-57)68(60-24-14-5-15-25-60)63-44-36-55(37-45-63)50-18-8-2-9-19-50/h1-32,34-48,58H,33H2. The van der Waals surface area contributed by atoms with Gasteiger partial charge < -0.3 is 9.80 Å². The minimum Gasteiger partial charge on any atom is -0.311 e. The highest BCUT2D eigenvalue weighted by atomic mass is 15.1. The number of benzene rings is 10. The number of hydrogen-bond donors (Lipinski definition) is 0. The summed E-state index contributed by atoms with van der Waals surface area (Å²) in [5.41, 5.74) is 20.2.